The summed E-state index contributed by atoms with van der Waals surface area (Å²) in [4.78, 5) is 31.6. The van der Waals surface area contributed by atoms with E-state index in [1.165, 1.54) is 15.4 Å². The Hall–Kier alpha value is -4.23. The SMILES string of the molecule is N#Cc1c[nH]c2ncnc(N3CCC3c3nn4ccc(Cl)c4c(=O)n3-c3ccccn3)c12. The number of halogens is 1. The number of nitriles is 1. The fourth-order valence-corrected chi connectivity index (χ4v) is 4.36. The number of anilines is 1. The van der Waals surface area contributed by atoms with Gasteiger partial charge in [-0.3, -0.25) is 4.79 Å². The van der Waals surface area contributed by atoms with Crippen LogP contribution in [0.3, 0.4) is 0 Å². The van der Waals surface area contributed by atoms with Gasteiger partial charge in [-0.2, -0.15) is 10.4 Å². The van der Waals surface area contributed by atoms with Crippen LogP contribution in [0.5, 0.6) is 0 Å². The highest BCUT2D eigenvalue weighted by molar-refractivity contribution is 6.33. The summed E-state index contributed by atoms with van der Waals surface area (Å²) in [6.45, 7) is 0.690. The molecular formula is C21H14ClN9O. The van der Waals surface area contributed by atoms with Crippen molar-refractivity contribution in [3.8, 4) is 11.9 Å². The average Bonchev–Trinajstić information content (AvgIpc) is 3.38. The fourth-order valence-electron chi connectivity index (χ4n) is 4.13. The Bertz CT molecular complexity index is 1600. The van der Waals surface area contributed by atoms with Crippen LogP contribution >= 0.6 is 11.6 Å². The van der Waals surface area contributed by atoms with Gasteiger partial charge < -0.3 is 9.88 Å². The monoisotopic (exact) mass is 443 g/mol. The molecule has 5 aromatic rings. The minimum absolute atomic E-state index is 0.255. The normalized spacial score (nSPS) is 15.8. The summed E-state index contributed by atoms with van der Waals surface area (Å²) in [5, 5.41) is 15.2. The van der Waals surface area contributed by atoms with Crippen molar-refractivity contribution in [1.82, 2.24) is 34.1 Å². The topological polar surface area (TPSA) is 121 Å². The summed E-state index contributed by atoms with van der Waals surface area (Å²) in [7, 11) is 0. The van der Waals surface area contributed by atoms with Gasteiger partial charge in [0.05, 0.1) is 22.0 Å². The molecule has 156 valence electrons. The predicted octanol–water partition coefficient (Wildman–Crippen LogP) is 2.63. The van der Waals surface area contributed by atoms with Gasteiger partial charge in [-0.1, -0.05) is 17.7 Å². The molecule has 0 radical (unpaired) electrons. The number of nitrogens with zero attached hydrogens (tertiary/aromatic N) is 8. The van der Waals surface area contributed by atoms with E-state index in [9.17, 15) is 10.1 Å². The smallest absolute Gasteiger partial charge is 0.285 e. The summed E-state index contributed by atoms with van der Waals surface area (Å²) in [6, 6.07) is 8.93. The molecule has 1 atom stereocenters. The van der Waals surface area contributed by atoms with E-state index in [-0.39, 0.29) is 17.1 Å². The van der Waals surface area contributed by atoms with Gasteiger partial charge in [0.25, 0.3) is 5.56 Å². The number of H-pyrrole nitrogens is 1. The number of hydrogen-bond donors (Lipinski definition) is 1. The molecule has 1 aliphatic heterocycles. The Morgan fingerprint density at radius 2 is 2.12 bits per heavy atom. The lowest BCUT2D eigenvalue weighted by Gasteiger charge is -2.42. The molecule has 0 spiro atoms. The van der Waals surface area contributed by atoms with Crippen molar-refractivity contribution in [2.45, 2.75) is 12.5 Å². The van der Waals surface area contributed by atoms with Crippen LogP contribution in [0.4, 0.5) is 5.82 Å². The van der Waals surface area contributed by atoms with Gasteiger partial charge in [-0.25, -0.2) is 24.0 Å². The van der Waals surface area contributed by atoms with Crippen LogP contribution in [0.15, 0.2) is 54.0 Å². The van der Waals surface area contributed by atoms with E-state index in [1.54, 1.807) is 36.8 Å². The lowest BCUT2D eigenvalue weighted by atomic mass is 10.0. The van der Waals surface area contributed by atoms with E-state index in [1.807, 2.05) is 11.0 Å². The summed E-state index contributed by atoms with van der Waals surface area (Å²) in [6.07, 6.45) is 7.11. The maximum absolute atomic E-state index is 13.5. The summed E-state index contributed by atoms with van der Waals surface area (Å²) in [5.74, 6) is 1.59. The number of aromatic nitrogens is 7. The molecule has 5 aromatic heterocycles. The zero-order valence-electron chi connectivity index (χ0n) is 16.5. The van der Waals surface area contributed by atoms with Gasteiger partial charge in [-0.15, -0.1) is 0 Å². The molecule has 1 fully saturated rings. The molecule has 1 aliphatic rings. The minimum Gasteiger partial charge on any atom is -0.345 e. The van der Waals surface area contributed by atoms with Gasteiger partial charge in [-0.05, 0) is 24.6 Å². The molecule has 1 N–H and O–H groups in total. The molecule has 0 amide bonds. The molecule has 10 nitrogen and oxygen atoms in total. The Morgan fingerprint density at radius 1 is 1.22 bits per heavy atom. The molecule has 1 saturated heterocycles. The number of aromatic amines is 1. The van der Waals surface area contributed by atoms with Crippen LogP contribution in [-0.4, -0.2) is 40.7 Å². The van der Waals surface area contributed by atoms with Crippen LogP contribution in [0.2, 0.25) is 5.02 Å². The predicted molar refractivity (Wildman–Crippen MR) is 117 cm³/mol. The van der Waals surface area contributed by atoms with Crippen molar-refractivity contribution in [3.05, 3.63) is 75.9 Å². The van der Waals surface area contributed by atoms with Crippen molar-refractivity contribution < 1.29 is 0 Å². The number of pyridine rings is 1. The van der Waals surface area contributed by atoms with Crippen molar-refractivity contribution in [2.75, 3.05) is 11.4 Å². The van der Waals surface area contributed by atoms with Crippen molar-refractivity contribution in [2.24, 2.45) is 0 Å². The first-order valence-corrected chi connectivity index (χ1v) is 10.2. The van der Waals surface area contributed by atoms with Gasteiger partial charge in [0.15, 0.2) is 5.82 Å². The van der Waals surface area contributed by atoms with Crippen molar-refractivity contribution in [3.63, 3.8) is 0 Å². The highest BCUT2D eigenvalue weighted by Gasteiger charge is 2.37. The van der Waals surface area contributed by atoms with Crippen LogP contribution in [0.1, 0.15) is 23.9 Å². The van der Waals surface area contributed by atoms with E-state index in [2.05, 4.69) is 26.0 Å². The van der Waals surface area contributed by atoms with Gasteiger partial charge in [0.1, 0.15) is 35.2 Å². The fraction of sp³-hybridized carbons (Fsp3) is 0.143. The number of nitrogens with one attached hydrogen (secondary N) is 1. The highest BCUT2D eigenvalue weighted by Crippen LogP contribution is 2.39. The first kappa shape index (κ1) is 18.5. The zero-order chi connectivity index (χ0) is 21.8. The molecule has 0 bridgehead atoms. The van der Waals surface area contributed by atoms with E-state index in [0.717, 1.165) is 6.42 Å². The second-order valence-electron chi connectivity index (χ2n) is 7.38. The van der Waals surface area contributed by atoms with E-state index in [0.29, 0.717) is 45.6 Å². The zero-order valence-corrected chi connectivity index (χ0v) is 17.2. The third kappa shape index (κ3) is 2.55. The summed E-state index contributed by atoms with van der Waals surface area (Å²) >= 11 is 6.27. The van der Waals surface area contributed by atoms with E-state index in [4.69, 9.17) is 16.7 Å². The molecule has 11 heteroatoms. The maximum Gasteiger partial charge on any atom is 0.285 e. The second-order valence-corrected chi connectivity index (χ2v) is 7.78. The molecule has 6 heterocycles. The molecule has 32 heavy (non-hydrogen) atoms. The van der Waals surface area contributed by atoms with Gasteiger partial charge in [0.2, 0.25) is 0 Å². The third-order valence-electron chi connectivity index (χ3n) is 5.70. The van der Waals surface area contributed by atoms with Gasteiger partial charge in [0, 0.05) is 25.1 Å². The summed E-state index contributed by atoms with van der Waals surface area (Å²) in [5.41, 5.74) is 1.03. The van der Waals surface area contributed by atoms with Crippen molar-refractivity contribution >= 4 is 34.0 Å². The first-order chi connectivity index (χ1) is 15.7. The lowest BCUT2D eigenvalue weighted by Crippen LogP contribution is -2.45. The van der Waals surface area contributed by atoms with Crippen LogP contribution in [-0.2, 0) is 0 Å². The highest BCUT2D eigenvalue weighted by atomic mass is 35.5. The van der Waals surface area contributed by atoms with Crippen LogP contribution in [0, 0.1) is 11.3 Å². The van der Waals surface area contributed by atoms with Gasteiger partial charge >= 0.3 is 0 Å². The molecule has 0 aromatic carbocycles. The number of fused-ring (bicyclic) bond motifs is 2. The molecule has 1 unspecified atom stereocenters. The number of rotatable bonds is 3. The standard InChI is InChI=1S/C21H14ClN9O/c22-13-4-8-30-17(13)21(32)31(15-3-1-2-6-24-15)19(28-30)14-5-7-29(14)20-16-12(9-23)10-25-18(16)26-11-27-20/h1-4,6,8,10-11,14H,5,7H2,(H,25,26,27). The largest absolute Gasteiger partial charge is 0.345 e. The van der Waals surface area contributed by atoms with Crippen molar-refractivity contribution in [1.29, 1.82) is 5.26 Å². The molecule has 6 rings (SSSR count). The third-order valence-corrected chi connectivity index (χ3v) is 6.01. The Morgan fingerprint density at radius 3 is 2.88 bits per heavy atom. The maximum atomic E-state index is 13.5. The molecular weight excluding hydrogens is 430 g/mol. The summed E-state index contributed by atoms with van der Waals surface area (Å²) < 4.78 is 3.00. The first-order valence-electron chi connectivity index (χ1n) is 9.87. The van der Waals surface area contributed by atoms with E-state index >= 15 is 0 Å². The quantitative estimate of drug-likeness (QED) is 0.455. The Labute approximate surface area is 185 Å². The van der Waals surface area contributed by atoms with E-state index < -0.39 is 0 Å². The average molecular weight is 444 g/mol. The van der Waals surface area contributed by atoms with Crippen LogP contribution < -0.4 is 10.5 Å². The second kappa shape index (κ2) is 6.90. The Balaban J connectivity index is 1.58. The van der Waals surface area contributed by atoms with Crippen LogP contribution in [0.25, 0.3) is 22.4 Å². The lowest BCUT2D eigenvalue weighted by molar-refractivity contribution is 0.423. The number of hydrogen-bond acceptors (Lipinski definition) is 7. The Kier molecular flexibility index (Phi) is 3.99. The minimum atomic E-state index is -0.303. The molecule has 0 saturated carbocycles. The molecule has 0 aliphatic carbocycles.